The van der Waals surface area contributed by atoms with Crippen LogP contribution in [0.2, 0.25) is 0 Å². The van der Waals surface area contributed by atoms with E-state index in [-0.39, 0.29) is 18.3 Å². The van der Waals surface area contributed by atoms with Crippen molar-refractivity contribution < 1.29 is 9.84 Å². The SMILES string of the molecule is C=C1C(C)[C@@H](n2ccc(N)nc2=O)O[C@H]1CO. The van der Waals surface area contributed by atoms with Crippen LogP contribution in [0.5, 0.6) is 0 Å². The number of aromatic nitrogens is 2. The van der Waals surface area contributed by atoms with E-state index in [4.69, 9.17) is 15.6 Å². The standard InChI is InChI=1S/C11H15N3O3/c1-6-7(2)10(17-8(6)5-15)14-4-3-9(12)13-11(14)16/h3-4,7-8,10,15H,1,5H2,2H3,(H2,12,13,16)/t7?,8-,10-/m0/s1. The van der Waals surface area contributed by atoms with Gasteiger partial charge in [0.15, 0.2) is 0 Å². The van der Waals surface area contributed by atoms with Crippen LogP contribution in [0.15, 0.2) is 29.2 Å². The lowest BCUT2D eigenvalue weighted by molar-refractivity contribution is -0.0304. The second-order valence-electron chi connectivity index (χ2n) is 4.10. The van der Waals surface area contributed by atoms with Gasteiger partial charge in [-0.2, -0.15) is 4.98 Å². The van der Waals surface area contributed by atoms with Crippen LogP contribution in [0.25, 0.3) is 0 Å². The second kappa shape index (κ2) is 4.31. The van der Waals surface area contributed by atoms with Crippen molar-refractivity contribution >= 4 is 5.82 Å². The van der Waals surface area contributed by atoms with Gasteiger partial charge in [-0.25, -0.2) is 4.79 Å². The van der Waals surface area contributed by atoms with Crippen LogP contribution in [0.1, 0.15) is 13.2 Å². The predicted octanol–water partition coefficient (Wildman–Crippen LogP) is -0.0925. The highest BCUT2D eigenvalue weighted by molar-refractivity contribution is 5.24. The maximum Gasteiger partial charge on any atom is 0.351 e. The molecule has 6 nitrogen and oxygen atoms in total. The first-order valence-corrected chi connectivity index (χ1v) is 5.34. The van der Waals surface area contributed by atoms with Gasteiger partial charge in [-0.15, -0.1) is 0 Å². The Kier molecular flexibility index (Phi) is 2.99. The van der Waals surface area contributed by atoms with E-state index in [2.05, 4.69) is 11.6 Å². The molecule has 1 aromatic heterocycles. The van der Waals surface area contributed by atoms with Gasteiger partial charge in [0.25, 0.3) is 0 Å². The quantitative estimate of drug-likeness (QED) is 0.701. The van der Waals surface area contributed by atoms with Crippen molar-refractivity contribution in [3.63, 3.8) is 0 Å². The Hall–Kier alpha value is -1.66. The highest BCUT2D eigenvalue weighted by atomic mass is 16.5. The first kappa shape index (κ1) is 11.8. The van der Waals surface area contributed by atoms with Gasteiger partial charge in [0.1, 0.15) is 18.1 Å². The molecule has 0 spiro atoms. The first-order chi connectivity index (χ1) is 8.04. The third-order valence-electron chi connectivity index (χ3n) is 3.02. The van der Waals surface area contributed by atoms with Gasteiger partial charge in [0.05, 0.1) is 6.61 Å². The van der Waals surface area contributed by atoms with Crippen LogP contribution in [-0.4, -0.2) is 27.4 Å². The van der Waals surface area contributed by atoms with E-state index in [1.165, 1.54) is 10.6 Å². The molecule has 0 aromatic carbocycles. The van der Waals surface area contributed by atoms with Crippen molar-refractivity contribution in [3.05, 3.63) is 34.9 Å². The summed E-state index contributed by atoms with van der Waals surface area (Å²) in [5, 5.41) is 9.12. The molecule has 2 rings (SSSR count). The summed E-state index contributed by atoms with van der Waals surface area (Å²) >= 11 is 0. The fourth-order valence-electron chi connectivity index (χ4n) is 1.94. The minimum atomic E-state index is -0.486. The summed E-state index contributed by atoms with van der Waals surface area (Å²) in [7, 11) is 0. The van der Waals surface area contributed by atoms with Gasteiger partial charge in [0.2, 0.25) is 0 Å². The van der Waals surface area contributed by atoms with Crippen molar-refractivity contribution in [3.8, 4) is 0 Å². The minimum absolute atomic E-state index is 0.0599. The number of nitrogens with zero attached hydrogens (tertiary/aromatic N) is 2. The van der Waals surface area contributed by atoms with E-state index in [1.807, 2.05) is 6.92 Å². The van der Waals surface area contributed by atoms with Gasteiger partial charge < -0.3 is 15.6 Å². The fourth-order valence-corrected chi connectivity index (χ4v) is 1.94. The van der Waals surface area contributed by atoms with Crippen LogP contribution in [0.3, 0.4) is 0 Å². The van der Waals surface area contributed by atoms with Crippen LogP contribution in [0, 0.1) is 5.92 Å². The average Bonchev–Trinajstić information content (AvgIpc) is 2.57. The molecule has 0 saturated carbocycles. The van der Waals surface area contributed by atoms with E-state index in [1.54, 1.807) is 6.20 Å². The van der Waals surface area contributed by atoms with E-state index in [0.717, 1.165) is 5.57 Å². The molecular weight excluding hydrogens is 222 g/mol. The molecule has 0 amide bonds. The molecule has 92 valence electrons. The molecule has 1 aliphatic rings. The smallest absolute Gasteiger partial charge is 0.351 e. The molecule has 1 fully saturated rings. The molecule has 3 N–H and O–H groups in total. The van der Waals surface area contributed by atoms with E-state index in [0.29, 0.717) is 0 Å². The van der Waals surface area contributed by atoms with Gasteiger partial charge >= 0.3 is 5.69 Å². The van der Waals surface area contributed by atoms with Crippen molar-refractivity contribution in [1.29, 1.82) is 0 Å². The molecule has 2 heterocycles. The number of nitrogen functional groups attached to an aromatic ring is 1. The number of rotatable bonds is 2. The molecule has 0 radical (unpaired) electrons. The van der Waals surface area contributed by atoms with Crippen molar-refractivity contribution in [2.45, 2.75) is 19.3 Å². The maximum absolute atomic E-state index is 11.7. The molecule has 1 aliphatic heterocycles. The lowest BCUT2D eigenvalue weighted by atomic mass is 10.0. The fraction of sp³-hybridized carbons (Fsp3) is 0.455. The van der Waals surface area contributed by atoms with Crippen LogP contribution in [-0.2, 0) is 4.74 Å². The molecule has 1 unspecified atom stereocenters. The van der Waals surface area contributed by atoms with Crippen LogP contribution < -0.4 is 11.4 Å². The summed E-state index contributed by atoms with van der Waals surface area (Å²) in [4.78, 5) is 15.3. The third kappa shape index (κ3) is 1.96. The minimum Gasteiger partial charge on any atom is -0.393 e. The number of ether oxygens (including phenoxy) is 1. The zero-order valence-corrected chi connectivity index (χ0v) is 9.54. The van der Waals surface area contributed by atoms with Crippen molar-refractivity contribution in [2.24, 2.45) is 5.92 Å². The van der Waals surface area contributed by atoms with Crippen LogP contribution in [0.4, 0.5) is 5.82 Å². The van der Waals surface area contributed by atoms with Crippen molar-refractivity contribution in [2.75, 3.05) is 12.3 Å². The highest BCUT2D eigenvalue weighted by Crippen LogP contribution is 2.36. The van der Waals surface area contributed by atoms with Gasteiger partial charge in [-0.05, 0) is 11.6 Å². The Bertz CT molecular complexity index is 497. The predicted molar refractivity (Wildman–Crippen MR) is 62.2 cm³/mol. The Morgan fingerprint density at radius 1 is 1.71 bits per heavy atom. The summed E-state index contributed by atoms with van der Waals surface area (Å²) in [5.41, 5.74) is 5.73. The average molecular weight is 237 g/mol. The normalized spacial score (nSPS) is 28.6. The summed E-state index contributed by atoms with van der Waals surface area (Å²) in [5.74, 6) is 0.115. The van der Waals surface area contributed by atoms with Gasteiger partial charge in [0, 0.05) is 12.1 Å². The monoisotopic (exact) mass is 237 g/mol. The molecule has 1 aromatic rings. The third-order valence-corrected chi connectivity index (χ3v) is 3.02. The zero-order chi connectivity index (χ0) is 12.6. The van der Waals surface area contributed by atoms with Gasteiger partial charge in [-0.1, -0.05) is 13.5 Å². The summed E-state index contributed by atoms with van der Waals surface area (Å²) in [6.45, 7) is 5.62. The van der Waals surface area contributed by atoms with Crippen LogP contribution >= 0.6 is 0 Å². The molecule has 0 aliphatic carbocycles. The number of hydrogen-bond acceptors (Lipinski definition) is 5. The number of aliphatic hydroxyl groups is 1. The summed E-state index contributed by atoms with van der Waals surface area (Å²) < 4.78 is 6.94. The first-order valence-electron chi connectivity index (χ1n) is 5.34. The summed E-state index contributed by atoms with van der Waals surface area (Å²) in [6, 6.07) is 1.53. The topological polar surface area (TPSA) is 90.4 Å². The Morgan fingerprint density at radius 3 is 2.94 bits per heavy atom. The lowest BCUT2D eigenvalue weighted by Crippen LogP contribution is -2.29. The number of anilines is 1. The summed E-state index contributed by atoms with van der Waals surface area (Å²) in [6.07, 6.45) is 0.624. The van der Waals surface area contributed by atoms with Crippen molar-refractivity contribution in [1.82, 2.24) is 9.55 Å². The molecule has 17 heavy (non-hydrogen) atoms. The van der Waals surface area contributed by atoms with E-state index in [9.17, 15) is 4.79 Å². The number of nitrogens with two attached hydrogens (primary N) is 1. The maximum atomic E-state index is 11.7. The molecule has 3 atom stereocenters. The second-order valence-corrected chi connectivity index (χ2v) is 4.10. The largest absolute Gasteiger partial charge is 0.393 e. The Labute approximate surface area is 98.3 Å². The Balaban J connectivity index is 2.35. The lowest BCUT2D eigenvalue weighted by Gasteiger charge is -2.17. The Morgan fingerprint density at radius 2 is 2.41 bits per heavy atom. The molecule has 6 heteroatoms. The number of aliphatic hydroxyl groups excluding tert-OH is 1. The molecule has 0 bridgehead atoms. The van der Waals surface area contributed by atoms with Gasteiger partial charge in [-0.3, -0.25) is 4.57 Å². The molecule has 1 saturated heterocycles. The van der Waals surface area contributed by atoms with E-state index < -0.39 is 18.0 Å². The highest BCUT2D eigenvalue weighted by Gasteiger charge is 2.36. The molecular formula is C11H15N3O3. The zero-order valence-electron chi connectivity index (χ0n) is 9.54. The number of hydrogen-bond donors (Lipinski definition) is 2. The van der Waals surface area contributed by atoms with E-state index >= 15 is 0 Å².